The van der Waals surface area contributed by atoms with Gasteiger partial charge in [0, 0.05) is 16.1 Å². The van der Waals surface area contributed by atoms with E-state index in [0.29, 0.717) is 16.1 Å². The van der Waals surface area contributed by atoms with Gasteiger partial charge in [-0.2, -0.15) is 8.42 Å². The Morgan fingerprint density at radius 3 is 2.41 bits per heavy atom. The lowest BCUT2D eigenvalue weighted by Gasteiger charge is -2.21. The van der Waals surface area contributed by atoms with Crippen molar-refractivity contribution in [1.82, 2.24) is 0 Å². The summed E-state index contributed by atoms with van der Waals surface area (Å²) < 4.78 is 51.5. The number of hydrogen-bond donors (Lipinski definition) is 0. The SMILES string of the molecule is C=C[C@H](COS(=O)(=O)c1ccc(C)cc1)Oc1c(/C=C\C)ccc(F)c1-c1ccc(Cl)cc1Cl. The molecule has 0 unspecified atom stereocenters. The number of halogens is 3. The molecule has 3 rings (SSSR count). The Kier molecular flexibility index (Phi) is 8.55. The van der Waals surface area contributed by atoms with Crippen LogP contribution in [0.1, 0.15) is 18.1 Å². The second-order valence-corrected chi connectivity index (χ2v) is 9.87. The summed E-state index contributed by atoms with van der Waals surface area (Å²) in [6.45, 7) is 7.02. The van der Waals surface area contributed by atoms with E-state index < -0.39 is 22.0 Å². The van der Waals surface area contributed by atoms with Crippen molar-refractivity contribution in [2.24, 2.45) is 0 Å². The lowest BCUT2D eigenvalue weighted by Crippen LogP contribution is -2.23. The van der Waals surface area contributed by atoms with Crippen LogP contribution in [0, 0.1) is 12.7 Å². The van der Waals surface area contributed by atoms with Crippen molar-refractivity contribution in [3.05, 3.63) is 100 Å². The molecule has 3 aromatic carbocycles. The first-order valence-electron chi connectivity index (χ1n) is 10.3. The minimum absolute atomic E-state index is 0.0231. The highest BCUT2D eigenvalue weighted by molar-refractivity contribution is 7.86. The van der Waals surface area contributed by atoms with Crippen molar-refractivity contribution in [2.75, 3.05) is 6.61 Å². The topological polar surface area (TPSA) is 52.6 Å². The van der Waals surface area contributed by atoms with E-state index in [4.69, 9.17) is 32.1 Å². The van der Waals surface area contributed by atoms with Gasteiger partial charge in [-0.25, -0.2) is 4.39 Å². The van der Waals surface area contributed by atoms with Gasteiger partial charge in [0.05, 0.1) is 15.5 Å². The minimum atomic E-state index is -4.03. The quantitative estimate of drug-likeness (QED) is 0.216. The fraction of sp³-hybridized carbons (Fsp3) is 0.154. The molecule has 0 N–H and O–H groups in total. The summed E-state index contributed by atoms with van der Waals surface area (Å²) in [7, 11) is -4.03. The third-order valence-corrected chi connectivity index (χ3v) is 6.76. The van der Waals surface area contributed by atoms with Gasteiger partial charge in [-0.05, 0) is 56.3 Å². The summed E-state index contributed by atoms with van der Waals surface area (Å²) >= 11 is 12.4. The van der Waals surface area contributed by atoms with Gasteiger partial charge in [-0.3, -0.25) is 4.18 Å². The standard InChI is InChI=1S/C26H23Cl2FO4S/c1-4-6-18-9-14-24(29)25(22-13-10-19(27)15-23(22)28)26(18)33-20(5-2)16-32-34(30,31)21-11-7-17(3)8-12-21/h4-15,20H,2,16H2,1,3H3/b6-4-/t20-/m1/s1. The lowest BCUT2D eigenvalue weighted by molar-refractivity contribution is 0.168. The predicted molar refractivity (Wildman–Crippen MR) is 135 cm³/mol. The fourth-order valence-corrected chi connectivity index (χ4v) is 4.61. The zero-order valence-electron chi connectivity index (χ0n) is 18.6. The highest BCUT2D eigenvalue weighted by Crippen LogP contribution is 2.41. The zero-order chi connectivity index (χ0) is 24.9. The van der Waals surface area contributed by atoms with Gasteiger partial charge in [0.25, 0.3) is 10.1 Å². The Morgan fingerprint density at radius 2 is 1.79 bits per heavy atom. The maximum Gasteiger partial charge on any atom is 0.297 e. The second-order valence-electron chi connectivity index (χ2n) is 7.41. The Bertz CT molecular complexity index is 1320. The third-order valence-electron chi connectivity index (χ3n) is 4.91. The van der Waals surface area contributed by atoms with Gasteiger partial charge in [0.1, 0.15) is 24.3 Å². The number of allylic oxidation sites excluding steroid dienone is 1. The highest BCUT2D eigenvalue weighted by Gasteiger charge is 2.23. The fourth-order valence-electron chi connectivity index (χ4n) is 3.19. The van der Waals surface area contributed by atoms with Crippen LogP contribution >= 0.6 is 23.2 Å². The van der Waals surface area contributed by atoms with E-state index in [1.165, 1.54) is 30.3 Å². The van der Waals surface area contributed by atoms with E-state index in [-0.39, 0.29) is 27.8 Å². The molecular weight excluding hydrogens is 498 g/mol. The smallest absolute Gasteiger partial charge is 0.297 e. The van der Waals surface area contributed by atoms with E-state index in [1.54, 1.807) is 42.5 Å². The molecule has 0 heterocycles. The summed E-state index contributed by atoms with van der Waals surface area (Å²) in [6.07, 6.45) is 4.00. The summed E-state index contributed by atoms with van der Waals surface area (Å²) in [5, 5.41) is 0.641. The largest absolute Gasteiger partial charge is 0.483 e. The first-order valence-corrected chi connectivity index (χ1v) is 12.5. The van der Waals surface area contributed by atoms with Crippen molar-refractivity contribution < 1.29 is 21.7 Å². The van der Waals surface area contributed by atoms with Gasteiger partial charge in [-0.1, -0.05) is 65.7 Å². The first-order chi connectivity index (χ1) is 16.2. The first kappa shape index (κ1) is 26.0. The maximum atomic E-state index is 15.1. The molecular formula is C26H23Cl2FO4S. The molecule has 0 bridgehead atoms. The van der Waals surface area contributed by atoms with Gasteiger partial charge in [0.2, 0.25) is 0 Å². The molecule has 0 radical (unpaired) electrons. The van der Waals surface area contributed by atoms with Crippen molar-refractivity contribution >= 4 is 39.4 Å². The monoisotopic (exact) mass is 520 g/mol. The summed E-state index contributed by atoms with van der Waals surface area (Å²) in [6, 6.07) is 13.8. The van der Waals surface area contributed by atoms with E-state index in [1.807, 2.05) is 13.8 Å². The van der Waals surface area contributed by atoms with Crippen LogP contribution in [0.15, 0.2) is 78.2 Å². The molecule has 0 aliphatic rings. The molecule has 34 heavy (non-hydrogen) atoms. The van der Waals surface area contributed by atoms with Crippen LogP contribution in [-0.4, -0.2) is 21.1 Å². The van der Waals surface area contributed by atoms with E-state index in [9.17, 15) is 8.42 Å². The lowest BCUT2D eigenvalue weighted by atomic mass is 10.00. The zero-order valence-corrected chi connectivity index (χ0v) is 20.9. The van der Waals surface area contributed by atoms with Crippen LogP contribution in [0.3, 0.4) is 0 Å². The van der Waals surface area contributed by atoms with Gasteiger partial charge in [0.15, 0.2) is 0 Å². The normalized spacial score (nSPS) is 12.6. The van der Waals surface area contributed by atoms with Gasteiger partial charge in [-0.15, -0.1) is 0 Å². The minimum Gasteiger partial charge on any atom is -0.483 e. The molecule has 1 atom stereocenters. The second kappa shape index (κ2) is 11.2. The molecule has 0 aliphatic carbocycles. The molecule has 3 aromatic rings. The molecule has 0 fully saturated rings. The van der Waals surface area contributed by atoms with Crippen LogP contribution in [0.5, 0.6) is 5.75 Å². The summed E-state index contributed by atoms with van der Waals surface area (Å²) in [4.78, 5) is 0.0231. The molecule has 178 valence electrons. The van der Waals surface area contributed by atoms with Crippen LogP contribution < -0.4 is 4.74 Å². The van der Waals surface area contributed by atoms with Gasteiger partial charge >= 0.3 is 0 Å². The number of benzene rings is 3. The Morgan fingerprint density at radius 1 is 1.09 bits per heavy atom. The molecule has 0 saturated carbocycles. The molecule has 4 nitrogen and oxygen atoms in total. The van der Waals surface area contributed by atoms with Crippen LogP contribution in [-0.2, 0) is 14.3 Å². The number of ether oxygens (including phenoxy) is 1. The average Bonchev–Trinajstić information content (AvgIpc) is 2.79. The molecule has 0 aromatic heterocycles. The van der Waals surface area contributed by atoms with E-state index >= 15 is 4.39 Å². The summed E-state index contributed by atoms with van der Waals surface area (Å²) in [5.41, 5.74) is 1.98. The Labute approximate surface area is 209 Å². The van der Waals surface area contributed by atoms with E-state index in [0.717, 1.165) is 5.56 Å². The van der Waals surface area contributed by atoms with E-state index in [2.05, 4.69) is 6.58 Å². The Balaban J connectivity index is 1.96. The maximum absolute atomic E-state index is 15.1. The molecule has 0 amide bonds. The van der Waals surface area contributed by atoms with Crippen molar-refractivity contribution in [2.45, 2.75) is 24.8 Å². The van der Waals surface area contributed by atoms with Crippen molar-refractivity contribution in [3.8, 4) is 16.9 Å². The average molecular weight is 521 g/mol. The highest BCUT2D eigenvalue weighted by atomic mass is 35.5. The number of aryl methyl sites for hydroxylation is 1. The summed E-state index contributed by atoms with van der Waals surface area (Å²) in [5.74, 6) is -0.396. The predicted octanol–water partition coefficient (Wildman–Crippen LogP) is 7.48. The van der Waals surface area contributed by atoms with Crippen LogP contribution in [0.25, 0.3) is 17.2 Å². The third kappa shape index (κ3) is 6.07. The molecule has 0 aliphatic heterocycles. The number of hydrogen-bond acceptors (Lipinski definition) is 4. The Hall–Kier alpha value is -2.64. The molecule has 0 spiro atoms. The number of rotatable bonds is 9. The van der Waals surface area contributed by atoms with Crippen LogP contribution in [0.2, 0.25) is 10.0 Å². The van der Waals surface area contributed by atoms with Crippen molar-refractivity contribution in [1.29, 1.82) is 0 Å². The van der Waals surface area contributed by atoms with Gasteiger partial charge < -0.3 is 4.74 Å². The van der Waals surface area contributed by atoms with Crippen molar-refractivity contribution in [3.63, 3.8) is 0 Å². The van der Waals surface area contributed by atoms with Crippen LogP contribution in [0.4, 0.5) is 4.39 Å². The molecule has 8 heteroatoms. The molecule has 0 saturated heterocycles.